The second-order valence-electron chi connectivity index (χ2n) is 4.91. The lowest BCUT2D eigenvalue weighted by atomic mass is 10.1. The number of rotatable bonds is 6. The first-order valence-electron chi connectivity index (χ1n) is 7.26. The number of ether oxygens (including phenoxy) is 3. The average molecular weight is 329 g/mol. The van der Waals surface area contributed by atoms with Crippen LogP contribution in [0.25, 0.3) is 0 Å². The van der Waals surface area contributed by atoms with Crippen LogP contribution >= 0.6 is 0 Å². The highest BCUT2D eigenvalue weighted by molar-refractivity contribution is 5.99. The van der Waals surface area contributed by atoms with Crippen molar-refractivity contribution in [1.29, 1.82) is 0 Å². The highest BCUT2D eigenvalue weighted by Gasteiger charge is 2.25. The van der Waals surface area contributed by atoms with Crippen LogP contribution in [0.3, 0.4) is 0 Å². The van der Waals surface area contributed by atoms with E-state index in [1.165, 1.54) is 21.3 Å². The summed E-state index contributed by atoms with van der Waals surface area (Å²) in [6.07, 6.45) is 0. The Hall–Kier alpha value is -3.02. The summed E-state index contributed by atoms with van der Waals surface area (Å²) in [7, 11) is 4.24. The van der Waals surface area contributed by atoms with Gasteiger partial charge in [0.05, 0.1) is 26.9 Å². The number of methoxy groups -OCH3 is 3. The normalized spacial score (nSPS) is 11.3. The standard InChI is InChI=1S/C18H19NO5/c1-22-13-9-10-15(23-2)14(11-13)17(20)19-16(18(21)24-3)12-7-5-4-6-8-12/h4-11,16H,1-3H3,(H,19,20)/t16-/m0/s1. The van der Waals surface area contributed by atoms with Gasteiger partial charge >= 0.3 is 5.97 Å². The van der Waals surface area contributed by atoms with Crippen molar-refractivity contribution in [3.63, 3.8) is 0 Å². The van der Waals surface area contributed by atoms with Gasteiger partial charge in [-0.15, -0.1) is 0 Å². The van der Waals surface area contributed by atoms with E-state index in [-0.39, 0.29) is 5.56 Å². The van der Waals surface area contributed by atoms with Crippen LogP contribution in [0.15, 0.2) is 48.5 Å². The number of carbonyl (C=O) groups excluding carboxylic acids is 2. The van der Waals surface area contributed by atoms with Gasteiger partial charge in [-0.2, -0.15) is 0 Å². The molecule has 1 atom stereocenters. The first-order valence-corrected chi connectivity index (χ1v) is 7.26. The van der Waals surface area contributed by atoms with Crippen molar-refractivity contribution in [2.75, 3.05) is 21.3 Å². The molecule has 1 amide bonds. The van der Waals surface area contributed by atoms with Gasteiger partial charge in [0.2, 0.25) is 0 Å². The summed E-state index contributed by atoms with van der Waals surface area (Å²) < 4.78 is 15.1. The van der Waals surface area contributed by atoms with Gasteiger partial charge in [-0.25, -0.2) is 4.79 Å². The Bertz CT molecular complexity index is 715. The Kier molecular flexibility index (Phi) is 5.78. The summed E-state index contributed by atoms with van der Waals surface area (Å²) in [5, 5.41) is 2.68. The van der Waals surface area contributed by atoms with E-state index in [9.17, 15) is 9.59 Å². The molecule has 0 aliphatic carbocycles. The maximum absolute atomic E-state index is 12.6. The molecule has 0 aliphatic rings. The largest absolute Gasteiger partial charge is 0.497 e. The minimum Gasteiger partial charge on any atom is -0.497 e. The lowest BCUT2D eigenvalue weighted by molar-refractivity contribution is -0.143. The van der Waals surface area contributed by atoms with Crippen LogP contribution in [0, 0.1) is 0 Å². The molecule has 0 heterocycles. The first-order chi connectivity index (χ1) is 11.6. The van der Waals surface area contributed by atoms with Gasteiger partial charge in [0, 0.05) is 0 Å². The number of hydrogen-bond donors (Lipinski definition) is 1. The molecule has 6 nitrogen and oxygen atoms in total. The number of hydrogen-bond acceptors (Lipinski definition) is 5. The second kappa shape index (κ2) is 8.01. The van der Waals surface area contributed by atoms with Gasteiger partial charge in [0.15, 0.2) is 6.04 Å². The highest BCUT2D eigenvalue weighted by Crippen LogP contribution is 2.25. The molecule has 2 aromatic carbocycles. The highest BCUT2D eigenvalue weighted by atomic mass is 16.5. The van der Waals surface area contributed by atoms with Crippen LogP contribution in [0.4, 0.5) is 0 Å². The molecule has 2 rings (SSSR count). The first kappa shape index (κ1) is 17.3. The molecular formula is C18H19NO5. The number of nitrogens with one attached hydrogen (secondary N) is 1. The fraction of sp³-hybridized carbons (Fsp3) is 0.222. The molecule has 0 bridgehead atoms. The molecule has 0 spiro atoms. The molecule has 0 aliphatic heterocycles. The summed E-state index contributed by atoms with van der Waals surface area (Å²) in [5.41, 5.74) is 0.890. The third kappa shape index (κ3) is 3.84. The van der Waals surface area contributed by atoms with Crippen LogP contribution in [0.5, 0.6) is 11.5 Å². The Morgan fingerprint density at radius 3 is 2.25 bits per heavy atom. The van der Waals surface area contributed by atoms with Crippen molar-refractivity contribution < 1.29 is 23.8 Å². The molecule has 0 aromatic heterocycles. The topological polar surface area (TPSA) is 73.9 Å². The summed E-state index contributed by atoms with van der Waals surface area (Å²) in [5.74, 6) is -0.137. The van der Waals surface area contributed by atoms with Gasteiger partial charge < -0.3 is 19.5 Å². The zero-order chi connectivity index (χ0) is 17.5. The van der Waals surface area contributed by atoms with Crippen LogP contribution in [-0.4, -0.2) is 33.2 Å². The van der Waals surface area contributed by atoms with E-state index in [0.717, 1.165) is 0 Å². The minimum atomic E-state index is -0.917. The van der Waals surface area contributed by atoms with E-state index in [1.807, 2.05) is 6.07 Å². The molecule has 126 valence electrons. The number of carbonyl (C=O) groups is 2. The molecule has 0 fully saturated rings. The Balaban J connectivity index is 2.33. The molecule has 0 unspecified atom stereocenters. The lowest BCUT2D eigenvalue weighted by Gasteiger charge is -2.18. The van der Waals surface area contributed by atoms with Crippen molar-refractivity contribution in [2.45, 2.75) is 6.04 Å². The summed E-state index contributed by atoms with van der Waals surface area (Å²) in [4.78, 5) is 24.7. The SMILES string of the molecule is COC(=O)[C@@H](NC(=O)c1cc(OC)ccc1OC)c1ccccc1. The van der Waals surface area contributed by atoms with E-state index in [2.05, 4.69) is 5.32 Å². The maximum atomic E-state index is 12.6. The van der Waals surface area contributed by atoms with Gasteiger partial charge in [-0.1, -0.05) is 30.3 Å². The molecule has 2 aromatic rings. The smallest absolute Gasteiger partial charge is 0.333 e. The van der Waals surface area contributed by atoms with Crippen molar-refractivity contribution in [2.24, 2.45) is 0 Å². The van der Waals surface area contributed by atoms with E-state index in [1.54, 1.807) is 42.5 Å². The van der Waals surface area contributed by atoms with E-state index < -0.39 is 17.9 Å². The maximum Gasteiger partial charge on any atom is 0.333 e. The third-order valence-electron chi connectivity index (χ3n) is 3.50. The van der Waals surface area contributed by atoms with E-state index >= 15 is 0 Å². The monoisotopic (exact) mass is 329 g/mol. The molecule has 0 radical (unpaired) electrons. The van der Waals surface area contributed by atoms with Crippen LogP contribution < -0.4 is 14.8 Å². The van der Waals surface area contributed by atoms with Crippen molar-refractivity contribution >= 4 is 11.9 Å². The van der Waals surface area contributed by atoms with Gasteiger partial charge in [-0.05, 0) is 23.8 Å². The fourth-order valence-electron chi connectivity index (χ4n) is 2.24. The predicted octanol–water partition coefficient (Wildman–Crippen LogP) is 2.35. The molecule has 0 saturated heterocycles. The van der Waals surface area contributed by atoms with E-state index in [4.69, 9.17) is 14.2 Å². The second-order valence-corrected chi connectivity index (χ2v) is 4.91. The Morgan fingerprint density at radius 1 is 0.958 bits per heavy atom. The fourth-order valence-corrected chi connectivity index (χ4v) is 2.24. The molecule has 0 saturated carbocycles. The van der Waals surface area contributed by atoms with Gasteiger partial charge in [-0.3, -0.25) is 4.79 Å². The third-order valence-corrected chi connectivity index (χ3v) is 3.50. The predicted molar refractivity (Wildman–Crippen MR) is 88.2 cm³/mol. The number of esters is 1. The van der Waals surface area contributed by atoms with Crippen LogP contribution in [0.2, 0.25) is 0 Å². The number of amides is 1. The number of benzene rings is 2. The summed E-state index contributed by atoms with van der Waals surface area (Å²) >= 11 is 0. The van der Waals surface area contributed by atoms with Gasteiger partial charge in [0.1, 0.15) is 11.5 Å². The quantitative estimate of drug-likeness (QED) is 0.824. The Morgan fingerprint density at radius 2 is 1.67 bits per heavy atom. The van der Waals surface area contributed by atoms with Crippen molar-refractivity contribution in [3.8, 4) is 11.5 Å². The minimum absolute atomic E-state index is 0.265. The average Bonchev–Trinajstić information content (AvgIpc) is 2.65. The molecule has 6 heteroatoms. The van der Waals surface area contributed by atoms with Crippen LogP contribution in [-0.2, 0) is 9.53 Å². The van der Waals surface area contributed by atoms with Gasteiger partial charge in [0.25, 0.3) is 5.91 Å². The summed E-state index contributed by atoms with van der Waals surface area (Å²) in [6, 6.07) is 12.8. The molecular weight excluding hydrogens is 310 g/mol. The lowest BCUT2D eigenvalue weighted by Crippen LogP contribution is -2.34. The van der Waals surface area contributed by atoms with Crippen molar-refractivity contribution in [3.05, 3.63) is 59.7 Å². The Labute approximate surface area is 140 Å². The zero-order valence-corrected chi connectivity index (χ0v) is 13.7. The van der Waals surface area contributed by atoms with Crippen molar-refractivity contribution in [1.82, 2.24) is 5.32 Å². The van der Waals surface area contributed by atoms with Crippen LogP contribution in [0.1, 0.15) is 22.0 Å². The molecule has 24 heavy (non-hydrogen) atoms. The zero-order valence-electron chi connectivity index (χ0n) is 13.7. The summed E-state index contributed by atoms with van der Waals surface area (Å²) in [6.45, 7) is 0. The molecule has 1 N–H and O–H groups in total. The van der Waals surface area contributed by atoms with E-state index in [0.29, 0.717) is 17.1 Å².